The number of nitrogens with two attached hydrogens (primary N) is 4. The van der Waals surface area contributed by atoms with Crippen LogP contribution in [0.25, 0.3) is 0 Å². The van der Waals surface area contributed by atoms with E-state index in [0.29, 0.717) is 38.9 Å². The molecule has 0 aliphatic heterocycles. The van der Waals surface area contributed by atoms with E-state index in [1.54, 1.807) is 0 Å². The molecule has 32 heavy (non-hydrogen) atoms. The molecular formula is C22H40N8O2. The average Bonchev–Trinajstić information content (AvgIpc) is 2.78. The molecule has 0 aliphatic rings. The molecule has 2 amide bonds. The topological polar surface area (TPSA) is 187 Å². The normalized spacial score (nSPS) is 12.6. The summed E-state index contributed by atoms with van der Waals surface area (Å²) in [5.41, 5.74) is 23.0. The van der Waals surface area contributed by atoms with E-state index < -0.39 is 12.1 Å². The van der Waals surface area contributed by atoms with Crippen molar-refractivity contribution in [1.82, 2.24) is 16.0 Å². The highest BCUT2D eigenvalue weighted by molar-refractivity contribution is 5.89. The van der Waals surface area contributed by atoms with Crippen LogP contribution >= 0.6 is 0 Å². The van der Waals surface area contributed by atoms with Gasteiger partial charge in [-0.2, -0.15) is 0 Å². The van der Waals surface area contributed by atoms with Crippen molar-refractivity contribution < 1.29 is 9.59 Å². The molecule has 0 bridgehead atoms. The second-order valence-electron chi connectivity index (χ2n) is 7.70. The van der Waals surface area contributed by atoms with Crippen LogP contribution in [-0.2, 0) is 16.0 Å². The summed E-state index contributed by atoms with van der Waals surface area (Å²) in [7, 11) is 0. The summed E-state index contributed by atoms with van der Waals surface area (Å²) >= 11 is 0. The molecule has 1 aromatic rings. The largest absolute Gasteiger partial charge is 0.370 e. The number of rotatable bonds is 17. The zero-order valence-corrected chi connectivity index (χ0v) is 18.9. The van der Waals surface area contributed by atoms with Crippen LogP contribution in [-0.4, -0.2) is 62.6 Å². The van der Waals surface area contributed by atoms with Crippen molar-refractivity contribution in [3.05, 3.63) is 35.9 Å². The fourth-order valence-electron chi connectivity index (χ4n) is 3.06. The van der Waals surface area contributed by atoms with Gasteiger partial charge >= 0.3 is 0 Å². The Balaban J connectivity index is 2.52. The number of hydrogen-bond acceptors (Lipinski definition) is 6. The average molecular weight is 449 g/mol. The zero-order valence-electron chi connectivity index (χ0n) is 18.9. The number of amides is 2. The minimum Gasteiger partial charge on any atom is -0.370 e. The van der Waals surface area contributed by atoms with Crippen molar-refractivity contribution in [3.63, 3.8) is 0 Å². The van der Waals surface area contributed by atoms with E-state index in [-0.39, 0.29) is 17.8 Å². The third-order valence-electron chi connectivity index (χ3n) is 4.86. The second kappa shape index (κ2) is 16.9. The zero-order chi connectivity index (χ0) is 23.6. The maximum atomic E-state index is 12.8. The van der Waals surface area contributed by atoms with Gasteiger partial charge in [-0.05, 0) is 57.3 Å². The highest BCUT2D eigenvalue weighted by atomic mass is 16.2. The summed E-state index contributed by atoms with van der Waals surface area (Å²) in [5, 5.41) is 9.04. The molecule has 0 saturated heterocycles. The third kappa shape index (κ3) is 12.9. The molecule has 1 aromatic carbocycles. The van der Waals surface area contributed by atoms with Crippen LogP contribution in [0.3, 0.4) is 0 Å². The van der Waals surface area contributed by atoms with Gasteiger partial charge in [-0.3, -0.25) is 14.6 Å². The molecule has 10 heteroatoms. The van der Waals surface area contributed by atoms with Crippen molar-refractivity contribution in [2.24, 2.45) is 27.9 Å². The molecule has 0 aromatic heterocycles. The van der Waals surface area contributed by atoms with Gasteiger partial charge in [-0.15, -0.1) is 0 Å². The first kappa shape index (κ1) is 27.3. The highest BCUT2D eigenvalue weighted by Crippen LogP contribution is 2.05. The summed E-state index contributed by atoms with van der Waals surface area (Å²) in [5.74, 6) is -0.584. The van der Waals surface area contributed by atoms with Crippen molar-refractivity contribution in [2.75, 3.05) is 32.7 Å². The van der Waals surface area contributed by atoms with E-state index in [0.717, 1.165) is 37.9 Å². The number of nitrogens with zero attached hydrogens (tertiary/aromatic N) is 1. The first-order valence-electron chi connectivity index (χ1n) is 11.3. The standard InChI is InChI=1S/C22H40N8O2/c23-11-4-5-12-27-13-7-15-28-21(32)19(16-17-8-2-1-3-9-17)30-20(31)18(24)10-6-14-29-22(25)26/h1-3,8-9,18-19,27H,4-7,10-16,23-24H2,(H,28,32)(H,30,31)(H4,25,26,29). The smallest absolute Gasteiger partial charge is 0.242 e. The first-order chi connectivity index (χ1) is 15.4. The lowest BCUT2D eigenvalue weighted by Crippen LogP contribution is -2.52. The Labute approximate surface area is 190 Å². The lowest BCUT2D eigenvalue weighted by molar-refractivity contribution is -0.129. The van der Waals surface area contributed by atoms with E-state index in [9.17, 15) is 9.59 Å². The number of carbonyl (C=O) groups is 2. The molecule has 0 spiro atoms. The maximum absolute atomic E-state index is 12.8. The number of aliphatic imine (C=N–C) groups is 1. The summed E-state index contributed by atoms with van der Waals surface area (Å²) in [6, 6.07) is 8.11. The van der Waals surface area contributed by atoms with Crippen LogP contribution in [0.2, 0.25) is 0 Å². The second-order valence-corrected chi connectivity index (χ2v) is 7.70. The third-order valence-corrected chi connectivity index (χ3v) is 4.86. The first-order valence-corrected chi connectivity index (χ1v) is 11.3. The lowest BCUT2D eigenvalue weighted by atomic mass is 10.0. The molecule has 0 fully saturated rings. The predicted octanol–water partition coefficient (Wildman–Crippen LogP) is -1.07. The minimum atomic E-state index is -0.743. The van der Waals surface area contributed by atoms with Crippen LogP contribution in [0.15, 0.2) is 35.3 Å². The summed E-state index contributed by atoms with van der Waals surface area (Å²) in [6.45, 7) is 3.35. The van der Waals surface area contributed by atoms with E-state index in [1.165, 1.54) is 0 Å². The Morgan fingerprint density at radius 3 is 2.34 bits per heavy atom. The van der Waals surface area contributed by atoms with Gasteiger partial charge in [-0.25, -0.2) is 0 Å². The Morgan fingerprint density at radius 1 is 0.938 bits per heavy atom. The molecule has 0 aliphatic carbocycles. The fourth-order valence-corrected chi connectivity index (χ4v) is 3.06. The number of carbonyl (C=O) groups excluding carboxylic acids is 2. The molecule has 2 unspecified atom stereocenters. The molecule has 10 nitrogen and oxygen atoms in total. The summed E-state index contributed by atoms with van der Waals surface area (Å²) in [4.78, 5) is 29.2. The number of benzene rings is 1. The van der Waals surface area contributed by atoms with E-state index in [2.05, 4.69) is 20.9 Å². The summed E-state index contributed by atoms with van der Waals surface area (Å²) < 4.78 is 0. The van der Waals surface area contributed by atoms with E-state index >= 15 is 0 Å². The van der Waals surface area contributed by atoms with Gasteiger partial charge in [0.05, 0.1) is 6.04 Å². The summed E-state index contributed by atoms with van der Waals surface area (Å²) in [6.07, 6.45) is 4.21. The Kier molecular flexibility index (Phi) is 14.5. The monoisotopic (exact) mass is 448 g/mol. The molecule has 0 heterocycles. The number of guanidine groups is 1. The van der Waals surface area contributed by atoms with Crippen LogP contribution < -0.4 is 38.9 Å². The van der Waals surface area contributed by atoms with Crippen molar-refractivity contribution >= 4 is 17.8 Å². The molecule has 1 rings (SSSR count). The molecule has 180 valence electrons. The molecular weight excluding hydrogens is 408 g/mol. The quantitative estimate of drug-likeness (QED) is 0.0897. The van der Waals surface area contributed by atoms with E-state index in [1.807, 2.05) is 30.3 Å². The lowest BCUT2D eigenvalue weighted by Gasteiger charge is -2.21. The van der Waals surface area contributed by atoms with Crippen LogP contribution in [0.4, 0.5) is 0 Å². The number of hydrogen-bond donors (Lipinski definition) is 7. The van der Waals surface area contributed by atoms with Gasteiger partial charge in [0.25, 0.3) is 0 Å². The number of nitrogens with one attached hydrogen (secondary N) is 3. The number of unbranched alkanes of at least 4 members (excludes halogenated alkanes) is 1. The molecule has 0 radical (unpaired) electrons. The van der Waals surface area contributed by atoms with Crippen LogP contribution in [0.5, 0.6) is 0 Å². The minimum absolute atomic E-state index is 0.00776. The van der Waals surface area contributed by atoms with E-state index in [4.69, 9.17) is 22.9 Å². The fraction of sp³-hybridized carbons (Fsp3) is 0.591. The highest BCUT2D eigenvalue weighted by Gasteiger charge is 2.23. The maximum Gasteiger partial charge on any atom is 0.242 e. The predicted molar refractivity (Wildman–Crippen MR) is 129 cm³/mol. The van der Waals surface area contributed by atoms with Gasteiger partial charge in [0, 0.05) is 19.5 Å². The van der Waals surface area contributed by atoms with Crippen molar-refractivity contribution in [2.45, 2.75) is 50.6 Å². The Hall–Kier alpha value is -2.69. The van der Waals surface area contributed by atoms with Gasteiger partial charge in [0.2, 0.25) is 11.8 Å². The Bertz CT molecular complexity index is 680. The molecule has 0 saturated carbocycles. The van der Waals surface area contributed by atoms with Crippen LogP contribution in [0, 0.1) is 0 Å². The van der Waals surface area contributed by atoms with Gasteiger partial charge < -0.3 is 38.9 Å². The SMILES string of the molecule is NCCCCNCCCNC(=O)C(Cc1ccccc1)NC(=O)C(N)CCCN=C(N)N. The van der Waals surface area contributed by atoms with Gasteiger partial charge in [-0.1, -0.05) is 30.3 Å². The Morgan fingerprint density at radius 2 is 1.66 bits per heavy atom. The van der Waals surface area contributed by atoms with Gasteiger partial charge in [0.15, 0.2) is 5.96 Å². The van der Waals surface area contributed by atoms with Crippen molar-refractivity contribution in [3.8, 4) is 0 Å². The molecule has 11 N–H and O–H groups in total. The van der Waals surface area contributed by atoms with Crippen LogP contribution in [0.1, 0.15) is 37.7 Å². The van der Waals surface area contributed by atoms with Gasteiger partial charge in [0.1, 0.15) is 6.04 Å². The van der Waals surface area contributed by atoms with Crippen molar-refractivity contribution in [1.29, 1.82) is 0 Å². The molecule has 2 atom stereocenters.